The van der Waals surface area contributed by atoms with Gasteiger partial charge in [-0.1, -0.05) is 30.3 Å². The molecule has 0 bridgehead atoms. The molecule has 1 N–H and O–H groups in total. The molecule has 0 heterocycles. The predicted molar refractivity (Wildman–Crippen MR) is 73.3 cm³/mol. The summed E-state index contributed by atoms with van der Waals surface area (Å²) in [4.78, 5) is 24.0. The van der Waals surface area contributed by atoms with Crippen molar-refractivity contribution < 1.29 is 18.9 Å². The fourth-order valence-corrected chi connectivity index (χ4v) is 2.78. The van der Waals surface area contributed by atoms with E-state index in [-0.39, 0.29) is 18.1 Å². The first-order chi connectivity index (χ1) is 8.91. The van der Waals surface area contributed by atoms with Crippen LogP contribution in [0.5, 0.6) is 0 Å². The summed E-state index contributed by atoms with van der Waals surface area (Å²) < 4.78 is 12.0. The number of amides is 1. The van der Waals surface area contributed by atoms with Crippen molar-refractivity contribution in [1.29, 1.82) is 0 Å². The van der Waals surface area contributed by atoms with Gasteiger partial charge in [0.15, 0.2) is 0 Å². The van der Waals surface area contributed by atoms with Crippen molar-refractivity contribution in [2.75, 3.05) is 19.8 Å². The van der Waals surface area contributed by atoms with E-state index in [9.17, 15) is 13.8 Å². The minimum absolute atomic E-state index is 0.156. The van der Waals surface area contributed by atoms with Gasteiger partial charge in [0.05, 0.1) is 0 Å². The molecule has 0 aliphatic rings. The number of hydrogen-bond acceptors (Lipinski definition) is 3. The molecule has 1 rings (SSSR count). The molecule has 1 aromatic rings. The quantitative estimate of drug-likeness (QED) is 0.826. The molecular formula is C13H17NO4S. The van der Waals surface area contributed by atoms with Crippen LogP contribution in [0.2, 0.25) is 0 Å². The van der Waals surface area contributed by atoms with Crippen molar-refractivity contribution in [3.63, 3.8) is 0 Å². The highest BCUT2D eigenvalue weighted by molar-refractivity contribution is 7.87. The van der Waals surface area contributed by atoms with E-state index in [0.29, 0.717) is 0 Å². The van der Waals surface area contributed by atoms with Crippen molar-refractivity contribution >= 4 is 22.7 Å². The number of carbonyl (C=O) groups is 2. The highest BCUT2D eigenvalue weighted by atomic mass is 32.2. The smallest absolute Gasteiger partial charge is 0.319 e. The average molecular weight is 283 g/mol. The van der Waals surface area contributed by atoms with Crippen LogP contribution in [-0.4, -0.2) is 51.2 Å². The maximum atomic E-state index is 12.0. The van der Waals surface area contributed by atoms with Crippen molar-refractivity contribution in [3.05, 3.63) is 35.9 Å². The highest BCUT2D eigenvalue weighted by Gasteiger charge is 2.27. The van der Waals surface area contributed by atoms with Crippen LogP contribution in [0.4, 0.5) is 0 Å². The van der Waals surface area contributed by atoms with E-state index < -0.39 is 22.0 Å². The second-order valence-corrected chi connectivity index (χ2v) is 5.95. The minimum atomic E-state index is -1.73. The molecule has 0 spiro atoms. The van der Waals surface area contributed by atoms with E-state index in [0.717, 1.165) is 5.56 Å². The van der Waals surface area contributed by atoms with Gasteiger partial charge in [-0.15, -0.1) is 0 Å². The Bertz CT molecular complexity index is 473. The molecule has 1 aromatic carbocycles. The first-order valence-corrected chi connectivity index (χ1v) is 7.14. The highest BCUT2D eigenvalue weighted by Crippen LogP contribution is 2.09. The average Bonchev–Trinajstić information content (AvgIpc) is 2.36. The standard InChI is InChI=1S/C13H17NO4S/c1-14(2)12(15)9-19(18)11(13(16)17)8-10-6-4-3-5-7-10/h3-7,11H,8-9H2,1-2H3,(H,16,17). The van der Waals surface area contributed by atoms with Crippen LogP contribution in [0.3, 0.4) is 0 Å². The molecule has 0 aliphatic carbocycles. The largest absolute Gasteiger partial charge is 0.480 e. The number of nitrogens with zero attached hydrogens (tertiary/aromatic N) is 1. The van der Waals surface area contributed by atoms with Gasteiger partial charge in [0, 0.05) is 24.9 Å². The molecule has 5 nitrogen and oxygen atoms in total. The molecule has 0 saturated heterocycles. The van der Waals surface area contributed by atoms with Crippen LogP contribution < -0.4 is 0 Å². The number of benzene rings is 1. The Morgan fingerprint density at radius 3 is 2.32 bits per heavy atom. The van der Waals surface area contributed by atoms with Gasteiger partial charge in [-0.3, -0.25) is 13.8 Å². The van der Waals surface area contributed by atoms with Gasteiger partial charge in [-0.2, -0.15) is 0 Å². The van der Waals surface area contributed by atoms with Gasteiger partial charge < -0.3 is 10.0 Å². The first kappa shape index (κ1) is 15.4. The molecule has 0 radical (unpaired) electrons. The van der Waals surface area contributed by atoms with Crippen LogP contribution in [0, 0.1) is 0 Å². The van der Waals surface area contributed by atoms with E-state index in [2.05, 4.69) is 0 Å². The van der Waals surface area contributed by atoms with Crippen molar-refractivity contribution in [1.82, 2.24) is 4.90 Å². The third-order valence-electron chi connectivity index (χ3n) is 2.62. The Balaban J connectivity index is 2.75. The number of carboxylic acid groups (broad SMARTS) is 1. The van der Waals surface area contributed by atoms with E-state index in [1.807, 2.05) is 6.07 Å². The van der Waals surface area contributed by atoms with Crippen LogP contribution in [-0.2, 0) is 26.8 Å². The second-order valence-electron chi connectivity index (χ2n) is 4.33. The molecule has 2 unspecified atom stereocenters. The number of aliphatic carboxylic acids is 1. The maximum absolute atomic E-state index is 12.0. The molecule has 0 saturated carbocycles. The third kappa shape index (κ3) is 4.82. The van der Waals surface area contributed by atoms with Crippen LogP contribution in [0.1, 0.15) is 5.56 Å². The minimum Gasteiger partial charge on any atom is -0.480 e. The summed E-state index contributed by atoms with van der Waals surface area (Å²) in [5.74, 6) is -1.75. The summed E-state index contributed by atoms with van der Waals surface area (Å²) in [6, 6.07) is 8.97. The molecule has 0 aliphatic heterocycles. The number of carbonyl (C=O) groups excluding carboxylic acids is 1. The van der Waals surface area contributed by atoms with Crippen molar-refractivity contribution in [3.8, 4) is 0 Å². The Kier molecular flexibility index (Phi) is 5.69. The molecule has 6 heteroatoms. The first-order valence-electron chi connectivity index (χ1n) is 5.76. The number of hydrogen-bond donors (Lipinski definition) is 1. The third-order valence-corrected chi connectivity index (χ3v) is 4.16. The lowest BCUT2D eigenvalue weighted by molar-refractivity contribution is -0.136. The van der Waals surface area contributed by atoms with Gasteiger partial charge in [0.1, 0.15) is 11.0 Å². The lowest BCUT2D eigenvalue weighted by Crippen LogP contribution is -2.35. The topological polar surface area (TPSA) is 74.7 Å². The molecule has 0 aromatic heterocycles. The summed E-state index contributed by atoms with van der Waals surface area (Å²) in [5.41, 5.74) is 0.792. The zero-order chi connectivity index (χ0) is 14.4. The summed E-state index contributed by atoms with van der Waals surface area (Å²) >= 11 is 0. The van der Waals surface area contributed by atoms with Crippen molar-refractivity contribution in [2.24, 2.45) is 0 Å². The normalized spacial score (nSPS) is 13.6. The fourth-order valence-electron chi connectivity index (χ4n) is 1.47. The lowest BCUT2D eigenvalue weighted by atomic mass is 10.1. The zero-order valence-corrected chi connectivity index (χ0v) is 11.7. The van der Waals surface area contributed by atoms with E-state index in [4.69, 9.17) is 5.11 Å². The molecule has 19 heavy (non-hydrogen) atoms. The number of carboxylic acids is 1. The molecule has 2 atom stereocenters. The van der Waals surface area contributed by atoms with Gasteiger partial charge in [-0.05, 0) is 12.0 Å². The Hall–Kier alpha value is -1.69. The summed E-state index contributed by atoms with van der Waals surface area (Å²) in [7, 11) is 1.37. The Labute approximate surface area is 114 Å². The molecular weight excluding hydrogens is 266 g/mol. The van der Waals surface area contributed by atoms with Crippen LogP contribution in [0.25, 0.3) is 0 Å². The van der Waals surface area contributed by atoms with Gasteiger partial charge in [0.25, 0.3) is 0 Å². The molecule has 1 amide bonds. The lowest BCUT2D eigenvalue weighted by Gasteiger charge is -2.14. The molecule has 104 valence electrons. The van der Waals surface area contributed by atoms with Gasteiger partial charge in [-0.25, -0.2) is 0 Å². The Morgan fingerprint density at radius 1 is 1.26 bits per heavy atom. The zero-order valence-electron chi connectivity index (χ0n) is 10.9. The monoisotopic (exact) mass is 283 g/mol. The van der Waals surface area contributed by atoms with E-state index in [1.54, 1.807) is 38.4 Å². The predicted octanol–water partition coefficient (Wildman–Crippen LogP) is 0.519. The second kappa shape index (κ2) is 7.04. The van der Waals surface area contributed by atoms with Crippen LogP contribution in [0.15, 0.2) is 30.3 Å². The number of rotatable bonds is 6. The van der Waals surface area contributed by atoms with Crippen molar-refractivity contribution in [2.45, 2.75) is 11.7 Å². The fraction of sp³-hybridized carbons (Fsp3) is 0.385. The summed E-state index contributed by atoms with van der Waals surface area (Å²) in [6.45, 7) is 0. The van der Waals surface area contributed by atoms with E-state index in [1.165, 1.54) is 4.90 Å². The summed E-state index contributed by atoms with van der Waals surface area (Å²) in [6.07, 6.45) is 0.156. The Morgan fingerprint density at radius 2 is 1.84 bits per heavy atom. The van der Waals surface area contributed by atoms with Crippen LogP contribution >= 0.6 is 0 Å². The maximum Gasteiger partial charge on any atom is 0.319 e. The SMILES string of the molecule is CN(C)C(=O)CS(=O)C(Cc1ccccc1)C(=O)O. The van der Waals surface area contributed by atoms with Gasteiger partial charge >= 0.3 is 5.97 Å². The summed E-state index contributed by atoms with van der Waals surface area (Å²) in [5, 5.41) is 8.07. The van der Waals surface area contributed by atoms with Gasteiger partial charge in [0.2, 0.25) is 5.91 Å². The molecule has 0 fully saturated rings. The van der Waals surface area contributed by atoms with E-state index >= 15 is 0 Å².